The molecule has 3 N–H and O–H groups in total. The molecule has 2 rings (SSSR count). The molecule has 6 heteroatoms. The van der Waals surface area contributed by atoms with Crippen molar-refractivity contribution in [2.45, 2.75) is 12.6 Å². The van der Waals surface area contributed by atoms with Crippen molar-refractivity contribution in [2.24, 2.45) is 5.73 Å². The number of primary amides is 1. The first kappa shape index (κ1) is 10.5. The van der Waals surface area contributed by atoms with Gasteiger partial charge in [-0.3, -0.25) is 14.7 Å². The fraction of sp³-hybridized carbons (Fsp3) is 0.556. The normalized spacial score (nSPS) is 22.8. The largest absolute Gasteiger partial charge is 0.368 e. The number of thiazole rings is 1. The Kier molecular flexibility index (Phi) is 3.30. The summed E-state index contributed by atoms with van der Waals surface area (Å²) in [6.07, 6.45) is 1.84. The SMILES string of the molecule is NC(=O)C1CNCCN1Cc1cncs1. The fourth-order valence-electron chi connectivity index (χ4n) is 1.74. The number of aromatic nitrogens is 1. The van der Waals surface area contributed by atoms with E-state index >= 15 is 0 Å². The van der Waals surface area contributed by atoms with Crippen molar-refractivity contribution in [3.8, 4) is 0 Å². The van der Waals surface area contributed by atoms with Gasteiger partial charge in [-0.15, -0.1) is 11.3 Å². The van der Waals surface area contributed by atoms with E-state index in [2.05, 4.69) is 15.2 Å². The predicted molar refractivity (Wildman–Crippen MR) is 58.4 cm³/mol. The molecular formula is C9H14N4OS. The van der Waals surface area contributed by atoms with Crippen molar-refractivity contribution < 1.29 is 4.79 Å². The molecule has 0 bridgehead atoms. The highest BCUT2D eigenvalue weighted by molar-refractivity contribution is 7.09. The van der Waals surface area contributed by atoms with Crippen LogP contribution < -0.4 is 11.1 Å². The monoisotopic (exact) mass is 226 g/mol. The van der Waals surface area contributed by atoms with Crippen LogP contribution in [-0.2, 0) is 11.3 Å². The molecule has 1 aromatic rings. The second kappa shape index (κ2) is 4.69. The van der Waals surface area contributed by atoms with Crippen LogP contribution >= 0.6 is 11.3 Å². The van der Waals surface area contributed by atoms with Gasteiger partial charge in [-0.25, -0.2) is 0 Å². The van der Waals surface area contributed by atoms with Gasteiger partial charge in [0.2, 0.25) is 5.91 Å². The standard InChI is InChI=1S/C9H14N4OS/c10-9(14)8-4-11-1-2-13(8)5-7-3-12-6-15-7/h3,6,8,11H,1-2,4-5H2,(H2,10,14). The topological polar surface area (TPSA) is 71.2 Å². The summed E-state index contributed by atoms with van der Waals surface area (Å²) >= 11 is 1.61. The van der Waals surface area contributed by atoms with E-state index in [4.69, 9.17) is 5.73 Å². The second-order valence-corrected chi connectivity index (χ2v) is 4.53. The summed E-state index contributed by atoms with van der Waals surface area (Å²) in [5.74, 6) is -0.258. The fourth-order valence-corrected chi connectivity index (χ4v) is 2.36. The first-order valence-electron chi connectivity index (χ1n) is 4.89. The molecule has 0 spiro atoms. The Labute approximate surface area is 92.3 Å². The molecule has 1 aliphatic rings. The molecular weight excluding hydrogens is 212 g/mol. The van der Waals surface area contributed by atoms with Gasteiger partial charge in [0.25, 0.3) is 0 Å². The number of amides is 1. The van der Waals surface area contributed by atoms with Crippen LogP contribution in [0.4, 0.5) is 0 Å². The summed E-state index contributed by atoms with van der Waals surface area (Å²) in [6, 6.07) is -0.194. The molecule has 1 unspecified atom stereocenters. The van der Waals surface area contributed by atoms with Gasteiger partial charge in [0.1, 0.15) is 6.04 Å². The average Bonchev–Trinajstić information content (AvgIpc) is 2.71. The molecule has 0 radical (unpaired) electrons. The van der Waals surface area contributed by atoms with Crippen LogP contribution in [0.3, 0.4) is 0 Å². The molecule has 0 saturated carbocycles. The molecule has 15 heavy (non-hydrogen) atoms. The smallest absolute Gasteiger partial charge is 0.236 e. The maximum atomic E-state index is 11.2. The minimum atomic E-state index is -0.258. The van der Waals surface area contributed by atoms with Crippen molar-refractivity contribution >= 4 is 17.2 Å². The zero-order valence-electron chi connectivity index (χ0n) is 8.35. The molecule has 1 aromatic heterocycles. The van der Waals surface area contributed by atoms with Gasteiger partial charge in [0.15, 0.2) is 0 Å². The summed E-state index contributed by atoms with van der Waals surface area (Å²) in [5, 5.41) is 3.17. The summed E-state index contributed by atoms with van der Waals surface area (Å²) < 4.78 is 0. The average molecular weight is 226 g/mol. The summed E-state index contributed by atoms with van der Waals surface area (Å²) in [4.78, 5) is 18.5. The minimum absolute atomic E-state index is 0.194. The van der Waals surface area contributed by atoms with E-state index in [9.17, 15) is 4.79 Å². The molecule has 0 aromatic carbocycles. The van der Waals surface area contributed by atoms with Crippen LogP contribution in [0.1, 0.15) is 4.88 Å². The Balaban J connectivity index is 2.02. The molecule has 2 heterocycles. The number of nitrogens with zero attached hydrogens (tertiary/aromatic N) is 2. The Hall–Kier alpha value is -0.980. The number of hydrogen-bond acceptors (Lipinski definition) is 5. The maximum Gasteiger partial charge on any atom is 0.236 e. The quantitative estimate of drug-likeness (QED) is 0.722. The Morgan fingerprint density at radius 2 is 2.67 bits per heavy atom. The lowest BCUT2D eigenvalue weighted by atomic mass is 10.2. The molecule has 1 saturated heterocycles. The third kappa shape index (κ3) is 2.53. The van der Waals surface area contributed by atoms with Crippen molar-refractivity contribution in [2.75, 3.05) is 19.6 Å². The summed E-state index contributed by atoms with van der Waals surface area (Å²) in [5.41, 5.74) is 7.16. The molecule has 5 nitrogen and oxygen atoms in total. The number of nitrogens with one attached hydrogen (secondary N) is 1. The highest BCUT2D eigenvalue weighted by atomic mass is 32.1. The van der Waals surface area contributed by atoms with E-state index in [0.717, 1.165) is 19.6 Å². The number of hydrogen-bond donors (Lipinski definition) is 2. The van der Waals surface area contributed by atoms with Gasteiger partial charge in [-0.2, -0.15) is 0 Å². The zero-order chi connectivity index (χ0) is 10.7. The van der Waals surface area contributed by atoms with Crippen molar-refractivity contribution in [3.63, 3.8) is 0 Å². The molecule has 0 aliphatic carbocycles. The number of carbonyl (C=O) groups is 1. The van der Waals surface area contributed by atoms with Gasteiger partial charge in [-0.1, -0.05) is 0 Å². The number of rotatable bonds is 3. The van der Waals surface area contributed by atoms with Gasteiger partial charge in [-0.05, 0) is 0 Å². The van der Waals surface area contributed by atoms with E-state index in [1.807, 2.05) is 6.20 Å². The summed E-state index contributed by atoms with van der Waals surface area (Å²) in [7, 11) is 0. The maximum absolute atomic E-state index is 11.2. The first-order chi connectivity index (χ1) is 7.27. The highest BCUT2D eigenvalue weighted by Crippen LogP contribution is 2.13. The molecule has 1 fully saturated rings. The van der Waals surface area contributed by atoms with E-state index < -0.39 is 0 Å². The molecule has 1 atom stereocenters. The predicted octanol–water partition coefficient (Wildman–Crippen LogP) is -0.598. The molecule has 1 aliphatic heterocycles. The van der Waals surface area contributed by atoms with Crippen molar-refractivity contribution in [1.29, 1.82) is 0 Å². The second-order valence-electron chi connectivity index (χ2n) is 3.56. The van der Waals surface area contributed by atoms with Crippen LogP contribution in [-0.4, -0.2) is 41.5 Å². The lowest BCUT2D eigenvalue weighted by Crippen LogP contribution is -2.56. The highest BCUT2D eigenvalue weighted by Gasteiger charge is 2.26. The number of piperazine rings is 1. The Bertz CT molecular complexity index is 327. The van der Waals surface area contributed by atoms with Crippen molar-refractivity contribution in [1.82, 2.24) is 15.2 Å². The third-order valence-corrected chi connectivity index (χ3v) is 3.29. The van der Waals surface area contributed by atoms with E-state index in [1.54, 1.807) is 16.8 Å². The van der Waals surface area contributed by atoms with Gasteiger partial charge < -0.3 is 11.1 Å². The third-order valence-electron chi connectivity index (χ3n) is 2.53. The summed E-state index contributed by atoms with van der Waals surface area (Å²) in [6.45, 7) is 3.17. The molecule has 1 amide bonds. The van der Waals surface area contributed by atoms with Crippen LogP contribution in [0.15, 0.2) is 11.7 Å². The van der Waals surface area contributed by atoms with Crippen LogP contribution in [0.2, 0.25) is 0 Å². The van der Waals surface area contributed by atoms with Crippen molar-refractivity contribution in [3.05, 3.63) is 16.6 Å². The molecule has 82 valence electrons. The lowest BCUT2D eigenvalue weighted by molar-refractivity contribution is -0.124. The van der Waals surface area contributed by atoms with Gasteiger partial charge in [0, 0.05) is 37.3 Å². The van der Waals surface area contributed by atoms with Crippen LogP contribution in [0.25, 0.3) is 0 Å². The number of nitrogens with two attached hydrogens (primary N) is 1. The Morgan fingerprint density at radius 1 is 1.80 bits per heavy atom. The minimum Gasteiger partial charge on any atom is -0.368 e. The van der Waals surface area contributed by atoms with Crippen LogP contribution in [0, 0.1) is 0 Å². The number of carbonyl (C=O) groups excluding carboxylic acids is 1. The first-order valence-corrected chi connectivity index (χ1v) is 5.77. The van der Waals surface area contributed by atoms with E-state index in [-0.39, 0.29) is 11.9 Å². The Morgan fingerprint density at radius 3 is 3.33 bits per heavy atom. The lowest BCUT2D eigenvalue weighted by Gasteiger charge is -2.33. The van der Waals surface area contributed by atoms with E-state index in [0.29, 0.717) is 6.54 Å². The van der Waals surface area contributed by atoms with Gasteiger partial charge >= 0.3 is 0 Å². The van der Waals surface area contributed by atoms with Crippen LogP contribution in [0.5, 0.6) is 0 Å². The van der Waals surface area contributed by atoms with Gasteiger partial charge in [0.05, 0.1) is 5.51 Å². The zero-order valence-corrected chi connectivity index (χ0v) is 9.17. The van der Waals surface area contributed by atoms with E-state index in [1.165, 1.54) is 4.88 Å².